The number of carbonyl (C=O) groups excluding carboxylic acids is 2. The average Bonchev–Trinajstić information content (AvgIpc) is 2.85. The summed E-state index contributed by atoms with van der Waals surface area (Å²) in [5, 5.41) is 5.59. The van der Waals surface area contributed by atoms with Gasteiger partial charge in [-0.05, 0) is 38.5 Å². The summed E-state index contributed by atoms with van der Waals surface area (Å²) in [6, 6.07) is 5.42. The topological polar surface area (TPSA) is 61.4 Å². The maximum absolute atomic E-state index is 13.1. The molecular formula is C15H20FN3O2. The van der Waals surface area contributed by atoms with E-state index in [0.717, 1.165) is 0 Å². The van der Waals surface area contributed by atoms with Gasteiger partial charge in [0, 0.05) is 30.7 Å². The first-order chi connectivity index (χ1) is 9.95. The number of hydrogen-bond donors (Lipinski definition) is 2. The highest BCUT2D eigenvalue weighted by Crippen LogP contribution is 2.14. The smallest absolute Gasteiger partial charge is 0.315 e. The average molecular weight is 293 g/mol. The van der Waals surface area contributed by atoms with Crippen molar-refractivity contribution in [1.82, 2.24) is 15.5 Å². The molecule has 3 amide bonds. The van der Waals surface area contributed by atoms with Crippen LogP contribution in [0.1, 0.15) is 30.6 Å². The summed E-state index contributed by atoms with van der Waals surface area (Å²) in [6.45, 7) is 4.77. The van der Waals surface area contributed by atoms with Crippen LogP contribution in [0.2, 0.25) is 0 Å². The van der Waals surface area contributed by atoms with Gasteiger partial charge in [0.25, 0.3) is 5.91 Å². The van der Waals surface area contributed by atoms with E-state index in [2.05, 4.69) is 10.6 Å². The van der Waals surface area contributed by atoms with Gasteiger partial charge in [-0.15, -0.1) is 0 Å². The van der Waals surface area contributed by atoms with Crippen LogP contribution < -0.4 is 10.6 Å². The molecule has 1 fully saturated rings. The molecule has 1 aromatic carbocycles. The lowest BCUT2D eigenvalue weighted by atomic mass is 10.2. The lowest BCUT2D eigenvalue weighted by Gasteiger charge is -2.18. The molecule has 1 saturated heterocycles. The van der Waals surface area contributed by atoms with E-state index in [1.165, 1.54) is 18.2 Å². The highest BCUT2D eigenvalue weighted by Gasteiger charge is 2.28. The van der Waals surface area contributed by atoms with Gasteiger partial charge in [0.15, 0.2) is 0 Å². The van der Waals surface area contributed by atoms with Crippen LogP contribution in [0.15, 0.2) is 24.3 Å². The molecule has 0 saturated carbocycles. The second-order valence-electron chi connectivity index (χ2n) is 5.52. The van der Waals surface area contributed by atoms with Crippen LogP contribution in [0, 0.1) is 5.82 Å². The number of carbonyl (C=O) groups is 2. The van der Waals surface area contributed by atoms with E-state index >= 15 is 0 Å². The molecule has 0 bridgehead atoms. The summed E-state index contributed by atoms with van der Waals surface area (Å²) in [7, 11) is 0. The van der Waals surface area contributed by atoms with Crippen LogP contribution >= 0.6 is 0 Å². The Bertz CT molecular complexity index is 533. The summed E-state index contributed by atoms with van der Waals surface area (Å²) in [5.41, 5.74) is 0.335. The van der Waals surface area contributed by atoms with E-state index in [-0.39, 0.29) is 24.0 Å². The Labute approximate surface area is 123 Å². The summed E-state index contributed by atoms with van der Waals surface area (Å²) >= 11 is 0. The molecule has 2 rings (SSSR count). The molecule has 0 aromatic heterocycles. The summed E-state index contributed by atoms with van der Waals surface area (Å²) in [6.07, 6.45) is 0.701. The summed E-state index contributed by atoms with van der Waals surface area (Å²) in [5.74, 6) is -0.630. The molecule has 1 aliphatic heterocycles. The zero-order chi connectivity index (χ0) is 15.4. The first-order valence-corrected chi connectivity index (χ1v) is 7.07. The Morgan fingerprint density at radius 1 is 1.38 bits per heavy atom. The third-order valence-corrected chi connectivity index (χ3v) is 3.30. The van der Waals surface area contributed by atoms with E-state index in [4.69, 9.17) is 0 Å². The Balaban J connectivity index is 1.90. The molecule has 5 nitrogen and oxygen atoms in total. The van der Waals surface area contributed by atoms with Crippen molar-refractivity contribution in [1.29, 1.82) is 0 Å². The monoisotopic (exact) mass is 293 g/mol. The molecule has 0 aliphatic carbocycles. The SMILES string of the molecule is CC(C)NC(=O)N[C@@H]1CCN(C(=O)c2cccc(F)c2)C1. The minimum atomic E-state index is -0.425. The number of hydrogen-bond acceptors (Lipinski definition) is 2. The van der Waals surface area contributed by atoms with Crippen molar-refractivity contribution in [2.75, 3.05) is 13.1 Å². The molecule has 0 radical (unpaired) electrons. The van der Waals surface area contributed by atoms with Gasteiger partial charge in [0.1, 0.15) is 5.82 Å². The number of nitrogens with zero attached hydrogens (tertiary/aromatic N) is 1. The number of likely N-dealkylation sites (tertiary alicyclic amines) is 1. The van der Waals surface area contributed by atoms with Crippen molar-refractivity contribution in [2.24, 2.45) is 0 Å². The molecular weight excluding hydrogens is 273 g/mol. The number of benzene rings is 1. The number of rotatable bonds is 3. The van der Waals surface area contributed by atoms with Crippen LogP contribution in [0.25, 0.3) is 0 Å². The van der Waals surface area contributed by atoms with Crippen molar-refractivity contribution in [3.8, 4) is 0 Å². The Morgan fingerprint density at radius 2 is 2.14 bits per heavy atom. The van der Waals surface area contributed by atoms with Gasteiger partial charge < -0.3 is 15.5 Å². The van der Waals surface area contributed by atoms with Gasteiger partial charge in [-0.25, -0.2) is 9.18 Å². The zero-order valence-corrected chi connectivity index (χ0v) is 12.2. The lowest BCUT2D eigenvalue weighted by Crippen LogP contribution is -2.45. The van der Waals surface area contributed by atoms with Gasteiger partial charge >= 0.3 is 6.03 Å². The van der Waals surface area contributed by atoms with Crippen molar-refractivity contribution in [3.63, 3.8) is 0 Å². The van der Waals surface area contributed by atoms with Crippen molar-refractivity contribution >= 4 is 11.9 Å². The molecule has 6 heteroatoms. The summed E-state index contributed by atoms with van der Waals surface area (Å²) < 4.78 is 13.1. The molecule has 0 unspecified atom stereocenters. The van der Waals surface area contributed by atoms with Crippen LogP contribution in [0.5, 0.6) is 0 Å². The van der Waals surface area contributed by atoms with Crippen LogP contribution in [-0.4, -0.2) is 42.0 Å². The predicted octanol–water partition coefficient (Wildman–Crippen LogP) is 1.75. The number of nitrogens with one attached hydrogen (secondary N) is 2. The molecule has 21 heavy (non-hydrogen) atoms. The zero-order valence-electron chi connectivity index (χ0n) is 12.2. The van der Waals surface area contributed by atoms with Crippen molar-refractivity contribution < 1.29 is 14.0 Å². The van der Waals surface area contributed by atoms with E-state index in [0.29, 0.717) is 25.1 Å². The summed E-state index contributed by atoms with van der Waals surface area (Å²) in [4.78, 5) is 25.5. The molecule has 1 aliphatic rings. The van der Waals surface area contributed by atoms with Crippen LogP contribution in [-0.2, 0) is 0 Å². The predicted molar refractivity (Wildman–Crippen MR) is 77.5 cm³/mol. The lowest BCUT2D eigenvalue weighted by molar-refractivity contribution is 0.0789. The Morgan fingerprint density at radius 3 is 2.81 bits per heavy atom. The fourth-order valence-electron chi connectivity index (χ4n) is 2.36. The third kappa shape index (κ3) is 4.18. The molecule has 0 spiro atoms. The second-order valence-corrected chi connectivity index (χ2v) is 5.52. The Kier molecular flexibility index (Phi) is 4.77. The quantitative estimate of drug-likeness (QED) is 0.892. The van der Waals surface area contributed by atoms with Gasteiger partial charge in [0.2, 0.25) is 0 Å². The molecule has 114 valence electrons. The first kappa shape index (κ1) is 15.3. The number of amides is 3. The molecule has 1 aromatic rings. The standard InChI is InChI=1S/C15H20FN3O2/c1-10(2)17-15(21)18-13-6-7-19(9-13)14(20)11-4-3-5-12(16)8-11/h3-5,8,10,13H,6-7,9H2,1-2H3,(H2,17,18,21)/t13-/m1/s1. The normalized spacial score (nSPS) is 17.9. The third-order valence-electron chi connectivity index (χ3n) is 3.30. The number of urea groups is 1. The van der Waals surface area contributed by atoms with E-state index in [9.17, 15) is 14.0 Å². The van der Waals surface area contributed by atoms with Gasteiger partial charge in [-0.2, -0.15) is 0 Å². The van der Waals surface area contributed by atoms with E-state index in [1.54, 1.807) is 11.0 Å². The highest BCUT2D eigenvalue weighted by atomic mass is 19.1. The fourth-order valence-corrected chi connectivity index (χ4v) is 2.36. The minimum Gasteiger partial charge on any atom is -0.337 e. The second kappa shape index (κ2) is 6.56. The van der Waals surface area contributed by atoms with Crippen LogP contribution in [0.4, 0.5) is 9.18 Å². The molecule has 2 N–H and O–H groups in total. The molecule has 1 atom stereocenters. The minimum absolute atomic E-state index is 0.0661. The van der Waals surface area contributed by atoms with Crippen LogP contribution in [0.3, 0.4) is 0 Å². The van der Waals surface area contributed by atoms with Gasteiger partial charge in [0.05, 0.1) is 0 Å². The van der Waals surface area contributed by atoms with Crippen molar-refractivity contribution in [2.45, 2.75) is 32.4 Å². The fraction of sp³-hybridized carbons (Fsp3) is 0.467. The maximum atomic E-state index is 13.1. The van der Waals surface area contributed by atoms with Gasteiger partial charge in [-0.1, -0.05) is 6.07 Å². The van der Waals surface area contributed by atoms with Gasteiger partial charge in [-0.3, -0.25) is 4.79 Å². The maximum Gasteiger partial charge on any atom is 0.315 e. The highest BCUT2D eigenvalue weighted by molar-refractivity contribution is 5.94. The van der Waals surface area contributed by atoms with Crippen molar-refractivity contribution in [3.05, 3.63) is 35.6 Å². The largest absolute Gasteiger partial charge is 0.337 e. The Hall–Kier alpha value is -2.11. The van der Waals surface area contributed by atoms with E-state index < -0.39 is 5.82 Å². The number of halogens is 1. The molecule has 1 heterocycles. The van der Waals surface area contributed by atoms with E-state index in [1.807, 2.05) is 13.8 Å². The first-order valence-electron chi connectivity index (χ1n) is 7.07.